The van der Waals surface area contributed by atoms with Gasteiger partial charge in [0.05, 0.1) is 16.6 Å². The molecule has 0 aromatic heterocycles. The lowest BCUT2D eigenvalue weighted by atomic mass is 10.0. The van der Waals surface area contributed by atoms with Gasteiger partial charge in [0.25, 0.3) is 15.9 Å². The smallest absolute Gasteiger partial charge is 0.264 e. The Kier molecular flexibility index (Phi) is 5.77. The van der Waals surface area contributed by atoms with E-state index in [1.54, 1.807) is 60.7 Å². The van der Waals surface area contributed by atoms with Gasteiger partial charge in [0, 0.05) is 16.6 Å². The topological polar surface area (TPSA) is 66.5 Å². The third-order valence-corrected chi connectivity index (χ3v) is 7.71. The van der Waals surface area contributed by atoms with Crippen LogP contribution >= 0.6 is 11.6 Å². The predicted molar refractivity (Wildman–Crippen MR) is 123 cm³/mol. The van der Waals surface area contributed by atoms with E-state index in [0.717, 1.165) is 11.1 Å². The van der Waals surface area contributed by atoms with Crippen molar-refractivity contribution in [3.63, 3.8) is 0 Å². The summed E-state index contributed by atoms with van der Waals surface area (Å²) in [6.45, 7) is 3.79. The number of nitrogens with one attached hydrogen (secondary N) is 1. The fraction of sp³-hybridized carbons (Fsp3) is 0.208. The van der Waals surface area contributed by atoms with E-state index < -0.39 is 10.0 Å². The lowest BCUT2D eigenvalue weighted by molar-refractivity contribution is 0.0940. The van der Waals surface area contributed by atoms with Crippen molar-refractivity contribution in [2.75, 3.05) is 4.31 Å². The van der Waals surface area contributed by atoms with Gasteiger partial charge in [0.1, 0.15) is 0 Å². The Morgan fingerprint density at radius 3 is 2.42 bits per heavy atom. The molecule has 1 N–H and O–H groups in total. The third kappa shape index (κ3) is 4.18. The van der Waals surface area contributed by atoms with Crippen LogP contribution < -0.4 is 9.62 Å². The number of fused-ring (bicyclic) bond motifs is 1. The van der Waals surface area contributed by atoms with Gasteiger partial charge in [-0.3, -0.25) is 9.10 Å². The third-order valence-electron chi connectivity index (χ3n) is 5.51. The minimum absolute atomic E-state index is 0.188. The zero-order valence-corrected chi connectivity index (χ0v) is 18.8. The fourth-order valence-corrected chi connectivity index (χ4v) is 5.77. The molecule has 1 aliphatic rings. The average Bonchev–Trinajstić information content (AvgIpc) is 3.10. The number of hydrogen-bond acceptors (Lipinski definition) is 3. The highest BCUT2D eigenvalue weighted by Gasteiger charge is 2.36. The van der Waals surface area contributed by atoms with Gasteiger partial charge in [-0.25, -0.2) is 8.42 Å². The molecule has 1 amide bonds. The number of nitrogens with zero attached hydrogens (tertiary/aromatic N) is 1. The molecule has 5 nitrogen and oxygen atoms in total. The van der Waals surface area contributed by atoms with Crippen LogP contribution in [0.15, 0.2) is 77.7 Å². The Morgan fingerprint density at radius 2 is 1.74 bits per heavy atom. The minimum Gasteiger partial charge on any atom is -0.346 e. The summed E-state index contributed by atoms with van der Waals surface area (Å²) < 4.78 is 27.8. The Bertz CT molecular complexity index is 1210. The summed E-state index contributed by atoms with van der Waals surface area (Å²) in [6, 6.07) is 20.5. The van der Waals surface area contributed by atoms with Crippen molar-refractivity contribution < 1.29 is 13.2 Å². The molecule has 2 unspecified atom stereocenters. The molecular weight excluding hydrogens is 432 g/mol. The number of amides is 1. The molecule has 0 radical (unpaired) electrons. The summed E-state index contributed by atoms with van der Waals surface area (Å²) in [5, 5.41) is 3.63. The van der Waals surface area contributed by atoms with E-state index in [4.69, 9.17) is 11.6 Å². The van der Waals surface area contributed by atoms with Crippen LogP contribution in [0.2, 0.25) is 5.02 Å². The van der Waals surface area contributed by atoms with Gasteiger partial charge in [0.2, 0.25) is 0 Å². The molecule has 4 rings (SSSR count). The van der Waals surface area contributed by atoms with Gasteiger partial charge in [0.15, 0.2) is 0 Å². The van der Waals surface area contributed by atoms with Crippen molar-refractivity contribution in [2.45, 2.75) is 37.2 Å². The molecule has 3 aromatic carbocycles. The van der Waals surface area contributed by atoms with Crippen LogP contribution in [0.1, 0.15) is 41.4 Å². The van der Waals surface area contributed by atoms with E-state index in [2.05, 4.69) is 5.32 Å². The quantitative estimate of drug-likeness (QED) is 0.591. The van der Waals surface area contributed by atoms with E-state index in [-0.39, 0.29) is 22.9 Å². The zero-order valence-electron chi connectivity index (χ0n) is 17.2. The number of sulfonamides is 1. The first-order valence-electron chi connectivity index (χ1n) is 10.1. The molecule has 2 atom stereocenters. The largest absolute Gasteiger partial charge is 0.346 e. The molecule has 0 saturated heterocycles. The van der Waals surface area contributed by atoms with Gasteiger partial charge in [-0.05, 0) is 73.9 Å². The number of carbonyl (C=O) groups is 1. The van der Waals surface area contributed by atoms with Gasteiger partial charge in [-0.1, -0.05) is 41.9 Å². The maximum Gasteiger partial charge on any atom is 0.264 e. The molecule has 0 spiro atoms. The van der Waals surface area contributed by atoms with Crippen LogP contribution in [0.3, 0.4) is 0 Å². The molecule has 0 saturated carbocycles. The summed E-state index contributed by atoms with van der Waals surface area (Å²) in [7, 11) is -3.67. The number of halogens is 1. The van der Waals surface area contributed by atoms with E-state index in [1.807, 2.05) is 26.0 Å². The van der Waals surface area contributed by atoms with Crippen LogP contribution in [-0.4, -0.2) is 20.4 Å². The van der Waals surface area contributed by atoms with Crippen LogP contribution in [0.25, 0.3) is 0 Å². The second kappa shape index (κ2) is 8.36. The molecule has 1 heterocycles. The van der Waals surface area contributed by atoms with Crippen LogP contribution in [-0.2, 0) is 16.4 Å². The number of anilines is 1. The molecular formula is C24H23ClN2O3S. The van der Waals surface area contributed by atoms with Gasteiger partial charge >= 0.3 is 0 Å². The average molecular weight is 455 g/mol. The molecule has 0 fully saturated rings. The maximum absolute atomic E-state index is 13.2. The predicted octanol–water partition coefficient (Wildman–Crippen LogP) is 4.97. The SMILES string of the molecule is CC(NC(=O)c1ccc2c(c1)CC(C)N2S(=O)(=O)c1ccccc1)c1ccc(Cl)cc1. The highest BCUT2D eigenvalue weighted by atomic mass is 35.5. The monoisotopic (exact) mass is 454 g/mol. The van der Waals surface area contributed by atoms with E-state index in [0.29, 0.717) is 22.7 Å². The zero-order chi connectivity index (χ0) is 22.2. The summed E-state index contributed by atoms with van der Waals surface area (Å²) in [4.78, 5) is 13.1. The van der Waals surface area contributed by atoms with Crippen LogP contribution in [0.5, 0.6) is 0 Å². The van der Waals surface area contributed by atoms with Crippen molar-refractivity contribution >= 4 is 33.2 Å². The van der Waals surface area contributed by atoms with Crippen molar-refractivity contribution in [2.24, 2.45) is 0 Å². The fourth-order valence-electron chi connectivity index (χ4n) is 3.93. The first-order chi connectivity index (χ1) is 14.8. The van der Waals surface area contributed by atoms with Crippen LogP contribution in [0, 0.1) is 0 Å². The Hall–Kier alpha value is -2.83. The van der Waals surface area contributed by atoms with E-state index in [1.165, 1.54) is 4.31 Å². The Morgan fingerprint density at radius 1 is 1.06 bits per heavy atom. The number of hydrogen-bond donors (Lipinski definition) is 1. The van der Waals surface area contributed by atoms with E-state index in [9.17, 15) is 13.2 Å². The van der Waals surface area contributed by atoms with Gasteiger partial charge in [-0.2, -0.15) is 0 Å². The first-order valence-corrected chi connectivity index (χ1v) is 11.9. The van der Waals surface area contributed by atoms with Gasteiger partial charge in [-0.15, -0.1) is 0 Å². The molecule has 0 aliphatic carbocycles. The Balaban J connectivity index is 1.57. The first kappa shape index (κ1) is 21.4. The highest BCUT2D eigenvalue weighted by molar-refractivity contribution is 7.92. The summed E-state index contributed by atoms with van der Waals surface area (Å²) in [6.07, 6.45) is 0.551. The second-order valence-electron chi connectivity index (χ2n) is 7.76. The summed E-state index contributed by atoms with van der Waals surface area (Å²) in [5.41, 5.74) is 2.93. The number of rotatable bonds is 5. The number of carbonyl (C=O) groups excluding carboxylic acids is 1. The molecule has 1 aliphatic heterocycles. The van der Waals surface area contributed by atoms with E-state index >= 15 is 0 Å². The second-order valence-corrected chi connectivity index (χ2v) is 10.0. The highest BCUT2D eigenvalue weighted by Crippen LogP contribution is 2.37. The lowest BCUT2D eigenvalue weighted by Crippen LogP contribution is -2.35. The van der Waals surface area contributed by atoms with Crippen molar-refractivity contribution in [1.29, 1.82) is 0 Å². The molecule has 160 valence electrons. The maximum atomic E-state index is 13.2. The van der Waals surface area contributed by atoms with Crippen molar-refractivity contribution in [1.82, 2.24) is 5.32 Å². The summed E-state index contributed by atoms with van der Waals surface area (Å²) >= 11 is 5.93. The molecule has 3 aromatic rings. The number of benzene rings is 3. The summed E-state index contributed by atoms with van der Waals surface area (Å²) in [5.74, 6) is -0.206. The minimum atomic E-state index is -3.67. The Labute approximate surface area is 187 Å². The van der Waals surface area contributed by atoms with Crippen molar-refractivity contribution in [3.05, 3.63) is 94.5 Å². The standard InChI is InChI=1S/C24H23ClN2O3S/c1-16-14-20-15-19(24(28)26-17(2)18-8-11-21(25)12-9-18)10-13-23(20)27(16)31(29,30)22-6-4-3-5-7-22/h3-13,15-17H,14H2,1-2H3,(H,26,28). The lowest BCUT2D eigenvalue weighted by Gasteiger charge is -2.24. The molecule has 0 bridgehead atoms. The van der Waals surface area contributed by atoms with Crippen molar-refractivity contribution in [3.8, 4) is 0 Å². The normalized spacial score (nSPS) is 16.6. The van der Waals surface area contributed by atoms with Crippen LogP contribution in [0.4, 0.5) is 5.69 Å². The van der Waals surface area contributed by atoms with Gasteiger partial charge < -0.3 is 5.32 Å². The molecule has 7 heteroatoms. The molecule has 31 heavy (non-hydrogen) atoms.